The van der Waals surface area contributed by atoms with E-state index >= 15 is 0 Å². The topological polar surface area (TPSA) is 72.2 Å². The van der Waals surface area contributed by atoms with Gasteiger partial charge in [0.25, 0.3) is 0 Å². The summed E-state index contributed by atoms with van der Waals surface area (Å²) in [5, 5.41) is 3.34. The van der Waals surface area contributed by atoms with Gasteiger partial charge in [0.2, 0.25) is 5.91 Å². The highest BCUT2D eigenvalue weighted by molar-refractivity contribution is 7.85. The van der Waals surface area contributed by atoms with Crippen molar-refractivity contribution in [2.45, 2.75) is 56.9 Å². The maximum absolute atomic E-state index is 12.5. The van der Waals surface area contributed by atoms with Crippen LogP contribution < -0.4 is 11.1 Å². The first kappa shape index (κ1) is 21.1. The summed E-state index contributed by atoms with van der Waals surface area (Å²) in [5.74, 6) is 0.407. The molecule has 0 bridgehead atoms. The zero-order valence-electron chi connectivity index (χ0n) is 14.4. The lowest BCUT2D eigenvalue weighted by molar-refractivity contribution is -0.126. The lowest BCUT2D eigenvalue weighted by Crippen LogP contribution is -2.45. The third kappa shape index (κ3) is 5.57. The molecule has 1 fully saturated rings. The minimum absolute atomic E-state index is 0. The van der Waals surface area contributed by atoms with E-state index in [0.717, 1.165) is 31.2 Å². The summed E-state index contributed by atoms with van der Waals surface area (Å²) in [6.45, 7) is 3.83. The fourth-order valence-corrected chi connectivity index (χ4v) is 4.56. The van der Waals surface area contributed by atoms with Crippen molar-refractivity contribution in [2.24, 2.45) is 11.7 Å². The van der Waals surface area contributed by atoms with Gasteiger partial charge in [0, 0.05) is 33.9 Å². The summed E-state index contributed by atoms with van der Waals surface area (Å²) < 4.78 is 12.0. The Bertz CT molecular complexity index is 541. The van der Waals surface area contributed by atoms with E-state index in [2.05, 4.69) is 5.32 Å². The first-order valence-corrected chi connectivity index (χ1v) is 9.89. The number of hydrogen-bond acceptors (Lipinski definition) is 3. The van der Waals surface area contributed by atoms with Crippen LogP contribution in [0.4, 0.5) is 0 Å². The van der Waals surface area contributed by atoms with E-state index in [4.69, 9.17) is 5.73 Å². The number of halogens is 1. The lowest BCUT2D eigenvalue weighted by Gasteiger charge is -2.30. The van der Waals surface area contributed by atoms with Crippen LogP contribution in [0.3, 0.4) is 0 Å². The van der Waals surface area contributed by atoms with Crippen LogP contribution in [0.1, 0.15) is 51.1 Å². The summed E-state index contributed by atoms with van der Waals surface area (Å²) in [6.07, 6.45) is 3.82. The molecule has 1 aromatic rings. The molecule has 0 spiro atoms. The van der Waals surface area contributed by atoms with Crippen molar-refractivity contribution in [3.63, 3.8) is 0 Å². The number of amides is 1. The molecule has 1 aromatic carbocycles. The standard InChI is InChI=1S/C18H28N2O2S.ClH/c1-3-23(22)16-11-7-10-15(12-16)20-18(21)13(2)17(19)14-8-5-4-6-9-14;/h4-6,8-9,13,15-17H,3,7,10-12,19H2,1-2H3,(H,20,21);1H. The maximum atomic E-state index is 12.5. The van der Waals surface area contributed by atoms with E-state index in [1.165, 1.54) is 0 Å². The Kier molecular flexibility index (Phi) is 8.95. The van der Waals surface area contributed by atoms with Crippen LogP contribution in [0, 0.1) is 5.92 Å². The minimum atomic E-state index is -0.774. The summed E-state index contributed by atoms with van der Waals surface area (Å²) in [6, 6.07) is 9.54. The van der Waals surface area contributed by atoms with Gasteiger partial charge in [-0.2, -0.15) is 0 Å². The van der Waals surface area contributed by atoms with Crippen molar-refractivity contribution in [3.05, 3.63) is 35.9 Å². The third-order valence-electron chi connectivity index (χ3n) is 4.77. The van der Waals surface area contributed by atoms with Crippen LogP contribution >= 0.6 is 12.4 Å². The zero-order chi connectivity index (χ0) is 16.8. The smallest absolute Gasteiger partial charge is 0.224 e. The highest BCUT2D eigenvalue weighted by Crippen LogP contribution is 2.24. The summed E-state index contributed by atoms with van der Waals surface area (Å²) in [5.41, 5.74) is 7.21. The Labute approximate surface area is 153 Å². The van der Waals surface area contributed by atoms with Crippen LogP contribution in [-0.2, 0) is 15.6 Å². The minimum Gasteiger partial charge on any atom is -0.353 e. The van der Waals surface area contributed by atoms with Gasteiger partial charge in [-0.1, -0.05) is 50.6 Å². The fourth-order valence-electron chi connectivity index (χ4n) is 3.21. The quantitative estimate of drug-likeness (QED) is 0.806. The summed E-state index contributed by atoms with van der Waals surface area (Å²) in [7, 11) is -0.774. The molecule has 0 aliphatic heterocycles. The van der Waals surface area contributed by atoms with E-state index < -0.39 is 10.8 Å². The largest absolute Gasteiger partial charge is 0.353 e. The molecule has 5 atom stereocenters. The van der Waals surface area contributed by atoms with E-state index in [0.29, 0.717) is 5.75 Å². The number of carbonyl (C=O) groups excluding carboxylic acids is 1. The van der Waals surface area contributed by atoms with Gasteiger partial charge >= 0.3 is 0 Å². The molecule has 3 N–H and O–H groups in total. The van der Waals surface area contributed by atoms with Crippen molar-refractivity contribution in [1.82, 2.24) is 5.32 Å². The number of rotatable bonds is 6. The normalized spacial score (nSPS) is 24.3. The van der Waals surface area contributed by atoms with Crippen molar-refractivity contribution >= 4 is 29.1 Å². The molecule has 1 saturated carbocycles. The zero-order valence-corrected chi connectivity index (χ0v) is 16.1. The van der Waals surface area contributed by atoms with Gasteiger partial charge in [-0.25, -0.2) is 0 Å². The molecule has 0 heterocycles. The molecule has 1 aliphatic carbocycles. The molecular weight excluding hydrogens is 344 g/mol. The molecule has 2 rings (SSSR count). The molecular formula is C18H29ClN2O2S. The van der Waals surface area contributed by atoms with Gasteiger partial charge in [0.1, 0.15) is 0 Å². The van der Waals surface area contributed by atoms with E-state index in [-0.39, 0.29) is 41.6 Å². The first-order valence-electron chi connectivity index (χ1n) is 8.51. The number of carbonyl (C=O) groups is 1. The number of nitrogens with one attached hydrogen (secondary N) is 1. The Morgan fingerprint density at radius 1 is 1.33 bits per heavy atom. The van der Waals surface area contributed by atoms with Crippen LogP contribution in [0.25, 0.3) is 0 Å². The molecule has 24 heavy (non-hydrogen) atoms. The molecule has 0 saturated heterocycles. The second-order valence-corrected chi connectivity index (χ2v) is 8.39. The van der Waals surface area contributed by atoms with Crippen molar-refractivity contribution in [3.8, 4) is 0 Å². The predicted octanol–water partition coefficient (Wildman–Crippen LogP) is 2.94. The average molecular weight is 373 g/mol. The molecule has 136 valence electrons. The second kappa shape index (κ2) is 10.2. The lowest BCUT2D eigenvalue weighted by atomic mass is 9.92. The summed E-state index contributed by atoms with van der Waals surface area (Å²) in [4.78, 5) is 12.5. The summed E-state index contributed by atoms with van der Waals surface area (Å²) >= 11 is 0. The molecule has 0 radical (unpaired) electrons. The Morgan fingerprint density at radius 3 is 2.62 bits per heavy atom. The van der Waals surface area contributed by atoms with E-state index in [9.17, 15) is 9.00 Å². The van der Waals surface area contributed by atoms with Crippen LogP contribution in [-0.4, -0.2) is 27.2 Å². The molecule has 6 heteroatoms. The maximum Gasteiger partial charge on any atom is 0.224 e. The molecule has 0 aromatic heterocycles. The van der Waals surface area contributed by atoms with Crippen LogP contribution in [0.2, 0.25) is 0 Å². The van der Waals surface area contributed by atoms with Gasteiger partial charge in [-0.15, -0.1) is 12.4 Å². The van der Waals surface area contributed by atoms with Crippen molar-refractivity contribution in [2.75, 3.05) is 5.75 Å². The molecule has 1 amide bonds. The second-order valence-electron chi connectivity index (χ2n) is 6.39. The van der Waals surface area contributed by atoms with Crippen molar-refractivity contribution < 1.29 is 9.00 Å². The van der Waals surface area contributed by atoms with Crippen molar-refractivity contribution in [1.29, 1.82) is 0 Å². The third-order valence-corrected chi connectivity index (χ3v) is 6.51. The number of benzene rings is 1. The van der Waals surface area contributed by atoms with Gasteiger partial charge < -0.3 is 11.1 Å². The van der Waals surface area contributed by atoms with Gasteiger partial charge in [-0.3, -0.25) is 9.00 Å². The molecule has 1 aliphatic rings. The SMILES string of the molecule is CCS(=O)C1CCCC(NC(=O)C(C)C(N)c2ccccc2)C1.Cl. The first-order chi connectivity index (χ1) is 11.0. The average Bonchev–Trinajstić information content (AvgIpc) is 2.60. The number of nitrogens with two attached hydrogens (primary N) is 1. The van der Waals surface area contributed by atoms with Gasteiger partial charge in [0.15, 0.2) is 0 Å². The van der Waals surface area contributed by atoms with Gasteiger partial charge in [0.05, 0.1) is 5.92 Å². The van der Waals surface area contributed by atoms with Crippen LogP contribution in [0.15, 0.2) is 30.3 Å². The van der Waals surface area contributed by atoms with Gasteiger partial charge in [-0.05, 0) is 24.8 Å². The number of hydrogen-bond donors (Lipinski definition) is 2. The fraction of sp³-hybridized carbons (Fsp3) is 0.611. The van der Waals surface area contributed by atoms with Crippen LogP contribution in [0.5, 0.6) is 0 Å². The monoisotopic (exact) mass is 372 g/mol. The highest BCUT2D eigenvalue weighted by atomic mass is 35.5. The Balaban J connectivity index is 0.00000288. The molecule has 5 unspecified atom stereocenters. The van der Waals surface area contributed by atoms with E-state index in [1.807, 2.05) is 44.2 Å². The highest BCUT2D eigenvalue weighted by Gasteiger charge is 2.29. The Morgan fingerprint density at radius 2 is 2.00 bits per heavy atom. The predicted molar refractivity (Wildman–Crippen MR) is 103 cm³/mol. The Hall–Kier alpha value is -0.910. The van der Waals surface area contributed by atoms with E-state index in [1.54, 1.807) is 0 Å². The molecule has 4 nitrogen and oxygen atoms in total.